The van der Waals surface area contributed by atoms with Gasteiger partial charge in [0, 0.05) is 0 Å². The largest absolute Gasteiger partial charge is 0.237 e. The highest BCUT2D eigenvalue weighted by atomic mass is 16.1. The van der Waals surface area contributed by atoms with Crippen molar-refractivity contribution in [1.82, 2.24) is 0 Å². The van der Waals surface area contributed by atoms with Crippen LogP contribution in [-0.4, -0.2) is 29.9 Å². The second kappa shape index (κ2) is 5.89. The molecule has 16 heavy (non-hydrogen) atoms. The van der Waals surface area contributed by atoms with Gasteiger partial charge in [-0.25, -0.2) is 14.4 Å². The third-order valence-electron chi connectivity index (χ3n) is 2.74. The van der Waals surface area contributed by atoms with E-state index in [1.54, 1.807) is 0 Å². The molecule has 1 unspecified atom stereocenters. The highest BCUT2D eigenvalue weighted by molar-refractivity contribution is 5.41. The number of hydrogen-bond donors (Lipinski definition) is 0. The fourth-order valence-corrected chi connectivity index (χ4v) is 1.97. The van der Waals surface area contributed by atoms with E-state index in [0.29, 0.717) is 12.8 Å². The van der Waals surface area contributed by atoms with Crippen molar-refractivity contribution in [3.8, 4) is 0 Å². The average Bonchev–Trinajstić information content (AvgIpc) is 2.44. The van der Waals surface area contributed by atoms with Crippen LogP contribution < -0.4 is 0 Å². The van der Waals surface area contributed by atoms with E-state index in [1.807, 2.05) is 0 Å². The van der Waals surface area contributed by atoms with Crippen LogP contribution in [0.15, 0.2) is 15.0 Å². The number of rotatable bonds is 3. The van der Waals surface area contributed by atoms with Crippen LogP contribution in [0, 0.1) is 0 Å². The fraction of sp³-hybridized carbons (Fsp3) is 0.700. The highest BCUT2D eigenvalue weighted by Crippen LogP contribution is 2.33. The molecule has 1 aliphatic carbocycles. The van der Waals surface area contributed by atoms with E-state index < -0.39 is 11.7 Å². The lowest BCUT2D eigenvalue weighted by molar-refractivity contribution is 0.337. The van der Waals surface area contributed by atoms with E-state index in [4.69, 9.17) is 0 Å². The van der Waals surface area contributed by atoms with Gasteiger partial charge < -0.3 is 0 Å². The molecular weight excluding hydrogens is 210 g/mol. The molecule has 6 nitrogen and oxygen atoms in total. The SMILES string of the molecule is O=C=NC1CCCCCC1(N=C=O)N=C=O. The summed E-state index contributed by atoms with van der Waals surface area (Å²) in [5, 5.41) is 0. The summed E-state index contributed by atoms with van der Waals surface area (Å²) in [6, 6.07) is -0.615. The standard InChI is InChI=1S/C10H11N3O3/c14-6-11-9-4-2-1-3-5-10(9,12-7-15)13-8-16/h9H,1-5H2. The molecule has 0 saturated heterocycles. The van der Waals surface area contributed by atoms with Crippen LogP contribution in [-0.2, 0) is 14.4 Å². The molecule has 0 aromatic rings. The van der Waals surface area contributed by atoms with Crippen molar-refractivity contribution in [1.29, 1.82) is 0 Å². The summed E-state index contributed by atoms with van der Waals surface area (Å²) < 4.78 is 0. The van der Waals surface area contributed by atoms with Gasteiger partial charge in [0.25, 0.3) is 0 Å². The number of nitrogens with zero attached hydrogens (tertiary/aromatic N) is 3. The van der Waals surface area contributed by atoms with Gasteiger partial charge in [0.05, 0.1) is 0 Å². The summed E-state index contributed by atoms with van der Waals surface area (Å²) in [6.45, 7) is 0. The fourth-order valence-electron chi connectivity index (χ4n) is 1.97. The molecule has 0 aromatic heterocycles. The van der Waals surface area contributed by atoms with E-state index in [-0.39, 0.29) is 0 Å². The summed E-state index contributed by atoms with van der Waals surface area (Å²) in [4.78, 5) is 41.8. The van der Waals surface area contributed by atoms with Crippen molar-refractivity contribution >= 4 is 18.2 Å². The Kier molecular flexibility index (Phi) is 4.49. The quantitative estimate of drug-likeness (QED) is 0.405. The number of carbonyl (C=O) groups excluding carboxylic acids is 3. The average molecular weight is 221 g/mol. The Hall–Kier alpha value is -1.86. The maximum atomic E-state index is 10.4. The Morgan fingerprint density at radius 3 is 2.19 bits per heavy atom. The minimum atomic E-state index is -1.29. The Morgan fingerprint density at radius 1 is 0.938 bits per heavy atom. The normalized spacial score (nSPS) is 28.9. The van der Waals surface area contributed by atoms with E-state index >= 15 is 0 Å². The predicted octanol–water partition coefficient (Wildman–Crippen LogP) is 1.02. The first kappa shape index (κ1) is 12.2. The van der Waals surface area contributed by atoms with Crippen LogP contribution in [0.2, 0.25) is 0 Å². The van der Waals surface area contributed by atoms with Gasteiger partial charge >= 0.3 is 0 Å². The zero-order chi connectivity index (χ0) is 11.9. The second-order valence-corrected chi connectivity index (χ2v) is 3.62. The molecule has 0 aliphatic heterocycles. The van der Waals surface area contributed by atoms with Gasteiger partial charge in [-0.05, 0) is 19.3 Å². The predicted molar refractivity (Wildman–Crippen MR) is 54.0 cm³/mol. The van der Waals surface area contributed by atoms with Crippen LogP contribution >= 0.6 is 0 Å². The van der Waals surface area contributed by atoms with E-state index in [9.17, 15) is 14.4 Å². The van der Waals surface area contributed by atoms with E-state index in [1.165, 1.54) is 18.2 Å². The van der Waals surface area contributed by atoms with Crippen molar-refractivity contribution in [2.24, 2.45) is 15.0 Å². The summed E-state index contributed by atoms with van der Waals surface area (Å²) in [5.41, 5.74) is -1.29. The molecule has 1 saturated carbocycles. The van der Waals surface area contributed by atoms with Crippen LogP contribution in [0.5, 0.6) is 0 Å². The van der Waals surface area contributed by atoms with Gasteiger partial charge in [0.15, 0.2) is 5.66 Å². The third kappa shape index (κ3) is 2.59. The summed E-state index contributed by atoms with van der Waals surface area (Å²) in [6.07, 6.45) is 7.70. The zero-order valence-corrected chi connectivity index (χ0v) is 8.68. The smallest absolute Gasteiger partial charge is 0.211 e. The summed E-state index contributed by atoms with van der Waals surface area (Å²) >= 11 is 0. The molecule has 0 radical (unpaired) electrons. The number of aliphatic imine (C=N–C) groups is 3. The summed E-state index contributed by atoms with van der Waals surface area (Å²) in [7, 11) is 0. The first-order valence-electron chi connectivity index (χ1n) is 5.04. The molecule has 0 aromatic carbocycles. The van der Waals surface area contributed by atoms with Crippen LogP contribution in [0.1, 0.15) is 32.1 Å². The first-order chi connectivity index (χ1) is 7.79. The Balaban J connectivity index is 3.19. The Bertz CT molecular complexity index is 370. The molecule has 1 fully saturated rings. The molecule has 1 atom stereocenters. The minimum Gasteiger partial charge on any atom is -0.211 e. The highest BCUT2D eigenvalue weighted by Gasteiger charge is 2.40. The van der Waals surface area contributed by atoms with Crippen molar-refractivity contribution in [2.75, 3.05) is 0 Å². The molecule has 1 aliphatic rings. The van der Waals surface area contributed by atoms with Crippen molar-refractivity contribution in [3.05, 3.63) is 0 Å². The summed E-state index contributed by atoms with van der Waals surface area (Å²) in [5.74, 6) is 0. The monoisotopic (exact) mass is 221 g/mol. The molecule has 6 heteroatoms. The lowest BCUT2D eigenvalue weighted by Gasteiger charge is -2.25. The van der Waals surface area contributed by atoms with Crippen molar-refractivity contribution in [3.63, 3.8) is 0 Å². The molecule has 0 bridgehead atoms. The van der Waals surface area contributed by atoms with Crippen LogP contribution in [0.3, 0.4) is 0 Å². The second-order valence-electron chi connectivity index (χ2n) is 3.62. The molecule has 0 heterocycles. The molecule has 1 rings (SSSR count). The van der Waals surface area contributed by atoms with Gasteiger partial charge in [0.2, 0.25) is 18.2 Å². The van der Waals surface area contributed by atoms with Gasteiger partial charge in [-0.1, -0.05) is 12.8 Å². The molecule has 84 valence electrons. The van der Waals surface area contributed by atoms with Gasteiger partial charge in [-0.15, -0.1) is 0 Å². The zero-order valence-electron chi connectivity index (χ0n) is 8.68. The lowest BCUT2D eigenvalue weighted by Crippen LogP contribution is -2.36. The van der Waals surface area contributed by atoms with Crippen molar-refractivity contribution in [2.45, 2.75) is 43.8 Å². The van der Waals surface area contributed by atoms with E-state index in [0.717, 1.165) is 19.3 Å². The Labute approximate surface area is 92.2 Å². The maximum Gasteiger partial charge on any atom is 0.237 e. The first-order valence-corrected chi connectivity index (χ1v) is 5.04. The van der Waals surface area contributed by atoms with Gasteiger partial charge in [-0.3, -0.25) is 0 Å². The van der Waals surface area contributed by atoms with Gasteiger partial charge in [0.1, 0.15) is 6.04 Å². The van der Waals surface area contributed by atoms with Crippen molar-refractivity contribution < 1.29 is 14.4 Å². The minimum absolute atomic E-state index is 0.396. The number of hydrogen-bond acceptors (Lipinski definition) is 6. The topological polar surface area (TPSA) is 88.3 Å². The number of isocyanates is 3. The molecular formula is C10H11N3O3. The third-order valence-corrected chi connectivity index (χ3v) is 2.74. The lowest BCUT2D eigenvalue weighted by atomic mass is 9.96. The van der Waals surface area contributed by atoms with E-state index in [2.05, 4.69) is 15.0 Å². The van der Waals surface area contributed by atoms with Crippen LogP contribution in [0.4, 0.5) is 0 Å². The molecule has 0 amide bonds. The molecule has 0 spiro atoms. The molecule has 0 N–H and O–H groups in total. The van der Waals surface area contributed by atoms with Gasteiger partial charge in [-0.2, -0.15) is 15.0 Å². The van der Waals surface area contributed by atoms with Crippen LogP contribution in [0.25, 0.3) is 0 Å². The Morgan fingerprint density at radius 2 is 1.62 bits per heavy atom. The maximum absolute atomic E-state index is 10.4.